The molecule has 6 nitrogen and oxygen atoms in total. The normalized spacial score (nSPS) is 11.3. The predicted octanol–water partition coefficient (Wildman–Crippen LogP) is 4.92. The Balaban J connectivity index is 2.42. The van der Waals surface area contributed by atoms with Crippen molar-refractivity contribution in [3.63, 3.8) is 0 Å². The Morgan fingerprint density at radius 2 is 2.00 bits per heavy atom. The summed E-state index contributed by atoms with van der Waals surface area (Å²) in [5.41, 5.74) is 5.59. The lowest BCUT2D eigenvalue weighted by Gasteiger charge is -2.08. The molecule has 0 heterocycles. The molecule has 0 aliphatic rings. The quantitative estimate of drug-likeness (QED) is 0.264. The summed E-state index contributed by atoms with van der Waals surface area (Å²) >= 11 is 17.4. The number of ether oxygens (including phenoxy) is 1. The number of hydrogen-bond donors (Lipinski definition) is 1. The van der Waals surface area contributed by atoms with E-state index >= 15 is 0 Å². The zero-order valence-electron chi connectivity index (χ0n) is 11.5. The highest BCUT2D eigenvalue weighted by Gasteiger charge is 2.13. The molecule has 120 valence electrons. The van der Waals surface area contributed by atoms with Gasteiger partial charge in [-0.05, 0) is 18.2 Å². The third-order valence-electron chi connectivity index (χ3n) is 2.62. The highest BCUT2D eigenvalue weighted by Crippen LogP contribution is 2.35. The van der Waals surface area contributed by atoms with Crippen molar-refractivity contribution in [2.24, 2.45) is 10.7 Å². The van der Waals surface area contributed by atoms with Gasteiger partial charge in [0, 0.05) is 17.2 Å². The van der Waals surface area contributed by atoms with Gasteiger partial charge in [0.2, 0.25) is 0 Å². The molecule has 0 fully saturated rings. The fourth-order valence-corrected chi connectivity index (χ4v) is 2.18. The number of nitro benzene ring substituents is 1. The van der Waals surface area contributed by atoms with Crippen LogP contribution in [0.15, 0.2) is 41.4 Å². The third-order valence-corrected chi connectivity index (χ3v) is 3.42. The Labute approximate surface area is 146 Å². The molecule has 0 atom stereocenters. The molecule has 0 aromatic heterocycles. The fraction of sp³-hybridized carbons (Fsp3) is 0.0714. The van der Waals surface area contributed by atoms with Crippen LogP contribution in [-0.4, -0.2) is 16.6 Å². The molecule has 9 heteroatoms. The molecule has 23 heavy (non-hydrogen) atoms. The second-order valence-corrected chi connectivity index (χ2v) is 5.47. The summed E-state index contributed by atoms with van der Waals surface area (Å²) in [5.74, 6) is 0.617. The van der Waals surface area contributed by atoms with Crippen LogP contribution in [0.25, 0.3) is 0 Å². The van der Waals surface area contributed by atoms with Gasteiger partial charge in [-0.2, -0.15) is 0 Å². The van der Waals surface area contributed by atoms with Crippen molar-refractivity contribution >= 4 is 52.0 Å². The highest BCUT2D eigenvalue weighted by molar-refractivity contribution is 6.35. The van der Waals surface area contributed by atoms with Gasteiger partial charge >= 0.3 is 0 Å². The number of aliphatic imine (C=N–C) groups is 1. The summed E-state index contributed by atoms with van der Waals surface area (Å²) in [6.45, 7) is 0. The Bertz CT molecular complexity index is 781. The summed E-state index contributed by atoms with van der Waals surface area (Å²) in [4.78, 5) is 14.4. The van der Waals surface area contributed by atoms with E-state index in [9.17, 15) is 10.1 Å². The molecule has 0 aliphatic heterocycles. The van der Waals surface area contributed by atoms with Crippen LogP contribution in [0, 0.1) is 10.1 Å². The number of benzene rings is 2. The van der Waals surface area contributed by atoms with Gasteiger partial charge in [0.25, 0.3) is 5.69 Å². The van der Waals surface area contributed by atoms with E-state index in [-0.39, 0.29) is 33.9 Å². The van der Waals surface area contributed by atoms with E-state index in [0.29, 0.717) is 10.8 Å². The molecule has 0 saturated heterocycles. The van der Waals surface area contributed by atoms with Gasteiger partial charge in [0.15, 0.2) is 0 Å². The largest absolute Gasteiger partial charge is 0.455 e. The maximum atomic E-state index is 11.0. The smallest absolute Gasteiger partial charge is 0.275 e. The number of nitrogens with two attached hydrogens (primary N) is 1. The number of amidine groups is 1. The van der Waals surface area contributed by atoms with Crippen molar-refractivity contribution in [2.75, 3.05) is 5.88 Å². The Hall–Kier alpha value is -2.02. The molecule has 0 bridgehead atoms. The lowest BCUT2D eigenvalue weighted by molar-refractivity contribution is -0.384. The number of nitro groups is 1. The first-order valence-electron chi connectivity index (χ1n) is 6.20. The van der Waals surface area contributed by atoms with Crippen molar-refractivity contribution in [3.8, 4) is 11.5 Å². The van der Waals surface area contributed by atoms with Crippen LogP contribution in [-0.2, 0) is 0 Å². The zero-order valence-corrected chi connectivity index (χ0v) is 13.8. The number of hydrogen-bond acceptors (Lipinski definition) is 4. The Morgan fingerprint density at radius 1 is 1.26 bits per heavy atom. The van der Waals surface area contributed by atoms with Gasteiger partial charge in [0.1, 0.15) is 17.3 Å². The molecule has 2 N–H and O–H groups in total. The summed E-state index contributed by atoms with van der Waals surface area (Å²) in [6, 6.07) is 8.64. The van der Waals surface area contributed by atoms with Crippen LogP contribution in [0.4, 0.5) is 11.4 Å². The number of non-ortho nitro benzene ring substituents is 1. The molecule has 0 saturated carbocycles. The van der Waals surface area contributed by atoms with Crippen LogP contribution in [0.2, 0.25) is 10.0 Å². The van der Waals surface area contributed by atoms with Crippen molar-refractivity contribution in [1.82, 2.24) is 0 Å². The zero-order chi connectivity index (χ0) is 17.0. The average molecular weight is 375 g/mol. The monoisotopic (exact) mass is 373 g/mol. The van der Waals surface area contributed by atoms with Gasteiger partial charge < -0.3 is 10.5 Å². The van der Waals surface area contributed by atoms with E-state index < -0.39 is 4.92 Å². The predicted molar refractivity (Wildman–Crippen MR) is 91.6 cm³/mol. The molecule has 0 unspecified atom stereocenters. The molecule has 0 radical (unpaired) electrons. The van der Waals surface area contributed by atoms with E-state index in [1.165, 1.54) is 24.3 Å². The number of alkyl halides is 1. The molecule has 0 spiro atoms. The minimum atomic E-state index is -0.563. The van der Waals surface area contributed by atoms with Crippen LogP contribution in [0.5, 0.6) is 11.5 Å². The lowest BCUT2D eigenvalue weighted by atomic mass is 10.2. The van der Waals surface area contributed by atoms with E-state index in [1.807, 2.05) is 0 Å². The summed E-state index contributed by atoms with van der Waals surface area (Å²) < 4.78 is 5.57. The van der Waals surface area contributed by atoms with Crippen LogP contribution in [0.3, 0.4) is 0 Å². The average Bonchev–Trinajstić information content (AvgIpc) is 2.49. The minimum absolute atomic E-state index is 0.00188. The number of rotatable bonds is 5. The van der Waals surface area contributed by atoms with E-state index in [0.717, 1.165) is 0 Å². The van der Waals surface area contributed by atoms with E-state index in [4.69, 9.17) is 45.3 Å². The molecule has 2 aromatic rings. The second-order valence-electron chi connectivity index (χ2n) is 4.36. The van der Waals surface area contributed by atoms with Crippen LogP contribution in [0.1, 0.15) is 0 Å². The van der Waals surface area contributed by atoms with Crippen molar-refractivity contribution in [2.45, 2.75) is 0 Å². The van der Waals surface area contributed by atoms with Gasteiger partial charge in [-0.25, -0.2) is 4.99 Å². The summed E-state index contributed by atoms with van der Waals surface area (Å²) in [7, 11) is 0. The Morgan fingerprint density at radius 3 is 2.61 bits per heavy atom. The first-order chi connectivity index (χ1) is 10.9. The van der Waals surface area contributed by atoms with Crippen LogP contribution >= 0.6 is 34.8 Å². The standard InChI is InChI=1S/C14H10Cl3N3O3/c15-7-14(18)19-9-4-10(20(21)22)6-11(5-9)23-13-2-1-8(16)3-12(13)17/h1-6H,7H2,(H2,18,19). The molecule has 0 amide bonds. The second kappa shape index (κ2) is 7.50. The minimum Gasteiger partial charge on any atom is -0.455 e. The summed E-state index contributed by atoms with van der Waals surface area (Å²) in [5, 5.41) is 11.7. The highest BCUT2D eigenvalue weighted by atomic mass is 35.5. The fourth-order valence-electron chi connectivity index (χ4n) is 1.68. The van der Waals surface area contributed by atoms with E-state index in [1.54, 1.807) is 12.1 Å². The topological polar surface area (TPSA) is 90.8 Å². The first-order valence-corrected chi connectivity index (χ1v) is 7.49. The first kappa shape index (κ1) is 17.3. The van der Waals surface area contributed by atoms with E-state index in [2.05, 4.69) is 4.99 Å². The third kappa shape index (κ3) is 4.72. The molecular formula is C14H10Cl3N3O3. The van der Waals surface area contributed by atoms with Crippen molar-refractivity contribution in [1.29, 1.82) is 0 Å². The van der Waals surface area contributed by atoms with Gasteiger partial charge in [-0.3, -0.25) is 10.1 Å². The molecular weight excluding hydrogens is 365 g/mol. The molecule has 0 aliphatic carbocycles. The summed E-state index contributed by atoms with van der Waals surface area (Å²) in [6.07, 6.45) is 0. The maximum Gasteiger partial charge on any atom is 0.275 e. The van der Waals surface area contributed by atoms with Crippen molar-refractivity contribution in [3.05, 3.63) is 56.6 Å². The number of nitrogens with zero attached hydrogens (tertiary/aromatic N) is 2. The van der Waals surface area contributed by atoms with Gasteiger partial charge in [-0.15, -0.1) is 11.6 Å². The Kier molecular flexibility index (Phi) is 5.65. The molecule has 2 rings (SSSR count). The van der Waals surface area contributed by atoms with Crippen molar-refractivity contribution < 1.29 is 9.66 Å². The number of halogens is 3. The SMILES string of the molecule is NC(CCl)=Nc1cc(Oc2ccc(Cl)cc2Cl)cc([N+](=O)[O-])c1. The van der Waals surface area contributed by atoms with Gasteiger partial charge in [-0.1, -0.05) is 23.2 Å². The molecule has 2 aromatic carbocycles. The van der Waals surface area contributed by atoms with Crippen LogP contribution < -0.4 is 10.5 Å². The maximum absolute atomic E-state index is 11.0. The lowest BCUT2D eigenvalue weighted by Crippen LogP contribution is -2.12. The van der Waals surface area contributed by atoms with Gasteiger partial charge in [0.05, 0.1) is 27.6 Å².